The summed E-state index contributed by atoms with van der Waals surface area (Å²) in [5, 5.41) is 7.42. The molecule has 0 aliphatic rings. The van der Waals surface area contributed by atoms with Crippen molar-refractivity contribution in [3.8, 4) is 0 Å². The summed E-state index contributed by atoms with van der Waals surface area (Å²) in [6.45, 7) is 9.89. The second kappa shape index (κ2) is 13.0. The van der Waals surface area contributed by atoms with E-state index in [0.717, 1.165) is 19.4 Å². The number of rotatable bonds is 7. The van der Waals surface area contributed by atoms with Crippen LogP contribution in [0.1, 0.15) is 46.5 Å². The van der Waals surface area contributed by atoms with E-state index in [-0.39, 0.29) is 0 Å². The molecule has 0 aromatic carbocycles. The molecule has 3 heteroatoms. The Morgan fingerprint density at radius 3 is 2.40 bits per heavy atom. The molecule has 0 saturated heterocycles. The quantitative estimate of drug-likeness (QED) is 0.663. The number of carboxylic acid groups (broad SMARTS) is 1. The fourth-order valence-corrected chi connectivity index (χ4v) is 1.10. The average Bonchev–Trinajstić information content (AvgIpc) is 2.17. The first kappa shape index (κ1) is 16.4. The second-order valence-electron chi connectivity index (χ2n) is 3.44. The summed E-state index contributed by atoms with van der Waals surface area (Å²) >= 11 is 0. The van der Waals surface area contributed by atoms with Crippen LogP contribution in [-0.4, -0.2) is 17.7 Å². The van der Waals surface area contributed by atoms with Gasteiger partial charge in [0.1, 0.15) is 0 Å². The first-order valence-electron chi connectivity index (χ1n) is 5.50. The summed E-state index contributed by atoms with van der Waals surface area (Å²) < 4.78 is 5.15. The Balaban J connectivity index is 0. The fraction of sp³-hybridized carbons (Fsp3) is 0.750. The van der Waals surface area contributed by atoms with Crippen LogP contribution in [0.4, 0.5) is 0 Å². The smallest absolute Gasteiger partial charge is 0.300 e. The van der Waals surface area contributed by atoms with E-state index in [1.54, 1.807) is 0 Å². The van der Waals surface area contributed by atoms with Crippen molar-refractivity contribution in [2.24, 2.45) is 5.92 Å². The number of ether oxygens (including phenoxy) is 1. The zero-order valence-corrected chi connectivity index (χ0v) is 10.2. The molecule has 0 aliphatic carbocycles. The van der Waals surface area contributed by atoms with E-state index in [4.69, 9.17) is 14.6 Å². The third kappa shape index (κ3) is 19.4. The first-order valence-corrected chi connectivity index (χ1v) is 5.50. The van der Waals surface area contributed by atoms with Crippen LogP contribution in [-0.2, 0) is 9.53 Å². The highest BCUT2D eigenvalue weighted by Gasteiger charge is 2.04. The van der Waals surface area contributed by atoms with Crippen molar-refractivity contribution in [2.45, 2.75) is 46.5 Å². The Hall–Kier alpha value is -0.990. The van der Waals surface area contributed by atoms with E-state index in [0.29, 0.717) is 0 Å². The molecular weight excluding hydrogens is 192 g/mol. The predicted molar refractivity (Wildman–Crippen MR) is 62.8 cm³/mol. The zero-order chi connectivity index (χ0) is 12.1. The monoisotopic (exact) mass is 216 g/mol. The SMILES string of the molecule is C=COCC(CC)CCCC.CC(=O)O. The van der Waals surface area contributed by atoms with E-state index in [9.17, 15) is 0 Å². The Morgan fingerprint density at radius 2 is 2.07 bits per heavy atom. The molecule has 3 nitrogen and oxygen atoms in total. The first-order chi connectivity index (χ1) is 7.08. The van der Waals surface area contributed by atoms with Crippen molar-refractivity contribution >= 4 is 5.97 Å². The highest BCUT2D eigenvalue weighted by atomic mass is 16.5. The maximum Gasteiger partial charge on any atom is 0.300 e. The van der Waals surface area contributed by atoms with E-state index in [2.05, 4.69) is 20.4 Å². The van der Waals surface area contributed by atoms with Crippen LogP contribution in [0, 0.1) is 5.92 Å². The molecule has 0 aliphatic heterocycles. The number of aliphatic carboxylic acids is 1. The van der Waals surface area contributed by atoms with Gasteiger partial charge in [0.15, 0.2) is 0 Å². The van der Waals surface area contributed by atoms with E-state index < -0.39 is 5.97 Å². The molecule has 0 saturated carbocycles. The highest BCUT2D eigenvalue weighted by Crippen LogP contribution is 2.12. The van der Waals surface area contributed by atoms with Gasteiger partial charge in [-0.05, 0) is 12.3 Å². The van der Waals surface area contributed by atoms with Gasteiger partial charge < -0.3 is 9.84 Å². The van der Waals surface area contributed by atoms with E-state index in [1.165, 1.54) is 31.9 Å². The molecule has 0 bridgehead atoms. The molecule has 0 aromatic rings. The molecule has 1 N–H and O–H groups in total. The molecule has 0 radical (unpaired) electrons. The lowest BCUT2D eigenvalue weighted by Gasteiger charge is -2.12. The van der Waals surface area contributed by atoms with Gasteiger partial charge in [-0.3, -0.25) is 4.79 Å². The summed E-state index contributed by atoms with van der Waals surface area (Å²) in [7, 11) is 0. The van der Waals surface area contributed by atoms with E-state index in [1.807, 2.05) is 0 Å². The highest BCUT2D eigenvalue weighted by molar-refractivity contribution is 5.62. The van der Waals surface area contributed by atoms with Gasteiger partial charge in [0.25, 0.3) is 5.97 Å². The van der Waals surface area contributed by atoms with Gasteiger partial charge in [0, 0.05) is 6.92 Å². The molecule has 0 aromatic heterocycles. The van der Waals surface area contributed by atoms with Gasteiger partial charge >= 0.3 is 0 Å². The number of carboxylic acids is 1. The normalized spacial score (nSPS) is 10.9. The third-order valence-electron chi connectivity index (χ3n) is 1.99. The zero-order valence-electron chi connectivity index (χ0n) is 10.2. The van der Waals surface area contributed by atoms with Crippen LogP contribution in [0.3, 0.4) is 0 Å². The summed E-state index contributed by atoms with van der Waals surface area (Å²) in [5.41, 5.74) is 0. The minimum absolute atomic E-state index is 0.730. The summed E-state index contributed by atoms with van der Waals surface area (Å²) in [5.74, 6) is -0.104. The molecular formula is C12H24O3. The summed E-state index contributed by atoms with van der Waals surface area (Å²) in [6, 6.07) is 0. The van der Waals surface area contributed by atoms with Gasteiger partial charge in [-0.15, -0.1) is 0 Å². The lowest BCUT2D eigenvalue weighted by molar-refractivity contribution is -0.134. The Morgan fingerprint density at radius 1 is 1.53 bits per heavy atom. The van der Waals surface area contributed by atoms with Crippen molar-refractivity contribution in [1.82, 2.24) is 0 Å². The van der Waals surface area contributed by atoms with Crippen molar-refractivity contribution in [2.75, 3.05) is 6.61 Å². The maximum absolute atomic E-state index is 9.00. The number of hydrogen-bond acceptors (Lipinski definition) is 2. The maximum atomic E-state index is 9.00. The van der Waals surface area contributed by atoms with Crippen LogP contribution in [0.15, 0.2) is 12.8 Å². The minimum atomic E-state index is -0.833. The van der Waals surface area contributed by atoms with Crippen molar-refractivity contribution in [1.29, 1.82) is 0 Å². The molecule has 0 heterocycles. The Kier molecular flexibility index (Phi) is 14.3. The summed E-state index contributed by atoms with van der Waals surface area (Å²) in [4.78, 5) is 9.00. The molecule has 90 valence electrons. The lowest BCUT2D eigenvalue weighted by atomic mass is 10.0. The Labute approximate surface area is 93.1 Å². The molecule has 15 heavy (non-hydrogen) atoms. The number of unbranched alkanes of at least 4 members (excludes halogenated alkanes) is 1. The standard InChI is InChI=1S/C10H20O.C2H4O2/c1-4-7-8-10(5-2)9-11-6-3;1-2(3)4/h6,10H,3-5,7-9H2,1-2H3;1H3,(H,3,4). The minimum Gasteiger partial charge on any atom is -0.502 e. The third-order valence-corrected chi connectivity index (χ3v) is 1.99. The van der Waals surface area contributed by atoms with Gasteiger partial charge in [-0.1, -0.05) is 39.7 Å². The van der Waals surface area contributed by atoms with Crippen LogP contribution >= 0.6 is 0 Å². The molecule has 0 amide bonds. The fourth-order valence-electron chi connectivity index (χ4n) is 1.10. The molecule has 0 fully saturated rings. The van der Waals surface area contributed by atoms with Gasteiger partial charge in [-0.2, -0.15) is 0 Å². The predicted octanol–water partition coefficient (Wildman–Crippen LogP) is 3.45. The Bertz CT molecular complexity index is 151. The van der Waals surface area contributed by atoms with Crippen LogP contribution < -0.4 is 0 Å². The molecule has 0 spiro atoms. The van der Waals surface area contributed by atoms with Crippen LogP contribution in [0.5, 0.6) is 0 Å². The largest absolute Gasteiger partial charge is 0.502 e. The molecule has 0 rings (SSSR count). The van der Waals surface area contributed by atoms with Gasteiger partial charge in [0.2, 0.25) is 0 Å². The molecule has 1 unspecified atom stereocenters. The van der Waals surface area contributed by atoms with Gasteiger partial charge in [0.05, 0.1) is 12.9 Å². The van der Waals surface area contributed by atoms with Crippen LogP contribution in [0.25, 0.3) is 0 Å². The molecule has 1 atom stereocenters. The van der Waals surface area contributed by atoms with Crippen molar-refractivity contribution in [3.63, 3.8) is 0 Å². The average molecular weight is 216 g/mol. The topological polar surface area (TPSA) is 46.5 Å². The van der Waals surface area contributed by atoms with Crippen LogP contribution in [0.2, 0.25) is 0 Å². The van der Waals surface area contributed by atoms with E-state index >= 15 is 0 Å². The summed E-state index contributed by atoms with van der Waals surface area (Å²) in [6.07, 6.45) is 6.65. The number of carbonyl (C=O) groups is 1. The van der Waals surface area contributed by atoms with Crippen molar-refractivity contribution < 1.29 is 14.6 Å². The lowest BCUT2D eigenvalue weighted by Crippen LogP contribution is -2.05. The second-order valence-corrected chi connectivity index (χ2v) is 3.44. The van der Waals surface area contributed by atoms with Gasteiger partial charge in [-0.25, -0.2) is 0 Å². The number of hydrogen-bond donors (Lipinski definition) is 1. The van der Waals surface area contributed by atoms with Crippen molar-refractivity contribution in [3.05, 3.63) is 12.8 Å².